The Labute approximate surface area is 175 Å². The van der Waals surface area contributed by atoms with E-state index in [-0.39, 0.29) is 18.9 Å². The molecule has 2 aromatic rings. The number of alkyl halides is 2. The molecule has 0 unspecified atom stereocenters. The minimum atomic E-state index is -2.89. The highest BCUT2D eigenvalue weighted by atomic mass is 19.3. The van der Waals surface area contributed by atoms with Crippen LogP contribution in [0.5, 0.6) is 5.75 Å². The number of hydrogen-bond donors (Lipinski definition) is 0. The van der Waals surface area contributed by atoms with Gasteiger partial charge in [-0.25, -0.2) is 8.78 Å². The fourth-order valence-electron chi connectivity index (χ4n) is 4.95. The Morgan fingerprint density at radius 1 is 1.20 bits per heavy atom. The molecule has 0 saturated carbocycles. The summed E-state index contributed by atoms with van der Waals surface area (Å²) in [4.78, 5) is 16.9. The number of aryl methyl sites for hydroxylation is 1. The van der Waals surface area contributed by atoms with Crippen LogP contribution in [0.2, 0.25) is 0 Å². The van der Waals surface area contributed by atoms with Crippen LogP contribution in [0.1, 0.15) is 30.4 Å². The van der Waals surface area contributed by atoms with Gasteiger partial charge < -0.3 is 9.64 Å². The van der Waals surface area contributed by atoms with E-state index in [0.717, 1.165) is 23.3 Å². The Kier molecular flexibility index (Phi) is 5.53. The average molecular weight is 418 g/mol. The number of likely N-dealkylation sites (tertiary alicyclic amines) is 2. The molecular formula is C22H28F2N4O2. The molecule has 3 heterocycles. The summed E-state index contributed by atoms with van der Waals surface area (Å²) in [5.74, 6) is -2.33. The summed E-state index contributed by atoms with van der Waals surface area (Å²) in [6.45, 7) is 1.39. The van der Waals surface area contributed by atoms with Crippen LogP contribution >= 0.6 is 0 Å². The van der Waals surface area contributed by atoms with Gasteiger partial charge in [0.05, 0.1) is 25.3 Å². The van der Waals surface area contributed by atoms with Gasteiger partial charge in [-0.1, -0.05) is 12.1 Å². The minimum Gasteiger partial charge on any atom is -0.497 e. The fourth-order valence-corrected chi connectivity index (χ4v) is 4.95. The van der Waals surface area contributed by atoms with Gasteiger partial charge in [-0.05, 0) is 30.5 Å². The normalized spacial score (nSPS) is 24.4. The SMILES string of the molecule is COc1cccc(CN2CCC[C@@]3(CN(Cc4cnn(C)c4)CC(F)(F)C3)C2=O)c1. The first-order valence-electron chi connectivity index (χ1n) is 10.3. The van der Waals surface area contributed by atoms with E-state index in [1.54, 1.807) is 34.8 Å². The van der Waals surface area contributed by atoms with Gasteiger partial charge in [-0.3, -0.25) is 14.4 Å². The van der Waals surface area contributed by atoms with E-state index >= 15 is 0 Å². The molecule has 1 spiro atoms. The third-order valence-corrected chi connectivity index (χ3v) is 6.07. The van der Waals surface area contributed by atoms with Crippen molar-refractivity contribution in [2.24, 2.45) is 12.5 Å². The lowest BCUT2D eigenvalue weighted by Gasteiger charge is -2.49. The standard InChI is InChI=1S/C22H28F2N4O2/c1-26-11-18(10-25-26)12-27-15-21(14-22(23,24)16-27)7-4-8-28(20(21)29)13-17-5-3-6-19(9-17)30-2/h3,5-6,9-11H,4,7-8,12-16H2,1-2H3/t21-/m1/s1. The number of halogens is 2. The number of aromatic nitrogens is 2. The maximum atomic E-state index is 14.8. The molecule has 0 N–H and O–H groups in total. The van der Waals surface area contributed by atoms with Gasteiger partial charge in [0.1, 0.15) is 5.75 Å². The highest BCUT2D eigenvalue weighted by Gasteiger charge is 2.55. The van der Waals surface area contributed by atoms with E-state index in [0.29, 0.717) is 32.6 Å². The lowest BCUT2D eigenvalue weighted by atomic mass is 9.71. The molecule has 162 valence electrons. The molecule has 30 heavy (non-hydrogen) atoms. The summed E-state index contributed by atoms with van der Waals surface area (Å²) in [5.41, 5.74) is 0.775. The zero-order chi connectivity index (χ0) is 21.4. The first kappa shape index (κ1) is 20.8. The number of amides is 1. The number of methoxy groups -OCH3 is 1. The van der Waals surface area contributed by atoms with Gasteiger partial charge in [0.15, 0.2) is 0 Å². The lowest BCUT2D eigenvalue weighted by molar-refractivity contribution is -0.170. The van der Waals surface area contributed by atoms with Gasteiger partial charge >= 0.3 is 0 Å². The number of piperidine rings is 2. The second-order valence-corrected chi connectivity index (χ2v) is 8.66. The summed E-state index contributed by atoms with van der Waals surface area (Å²) in [7, 11) is 3.40. The maximum absolute atomic E-state index is 14.8. The van der Waals surface area contributed by atoms with Crippen LogP contribution in [0.3, 0.4) is 0 Å². The largest absolute Gasteiger partial charge is 0.497 e. The molecule has 2 fully saturated rings. The van der Waals surface area contributed by atoms with Crippen molar-refractivity contribution in [2.45, 2.75) is 38.3 Å². The Morgan fingerprint density at radius 3 is 2.77 bits per heavy atom. The monoisotopic (exact) mass is 418 g/mol. The average Bonchev–Trinajstić information content (AvgIpc) is 3.09. The van der Waals surface area contributed by atoms with Crippen LogP contribution in [0, 0.1) is 5.41 Å². The number of benzene rings is 1. The predicted molar refractivity (Wildman–Crippen MR) is 108 cm³/mol. The van der Waals surface area contributed by atoms with E-state index in [2.05, 4.69) is 5.10 Å². The molecule has 1 aromatic carbocycles. The Hall–Kier alpha value is -2.48. The molecule has 1 amide bonds. The summed E-state index contributed by atoms with van der Waals surface area (Å²) >= 11 is 0. The van der Waals surface area contributed by atoms with Crippen molar-refractivity contribution in [1.82, 2.24) is 19.6 Å². The van der Waals surface area contributed by atoms with E-state index in [4.69, 9.17) is 4.74 Å². The van der Waals surface area contributed by atoms with E-state index < -0.39 is 11.3 Å². The zero-order valence-corrected chi connectivity index (χ0v) is 17.5. The van der Waals surface area contributed by atoms with Crippen molar-refractivity contribution in [3.8, 4) is 5.75 Å². The second-order valence-electron chi connectivity index (χ2n) is 8.66. The van der Waals surface area contributed by atoms with Crippen molar-refractivity contribution in [3.63, 3.8) is 0 Å². The fraction of sp³-hybridized carbons (Fsp3) is 0.545. The topological polar surface area (TPSA) is 50.6 Å². The third-order valence-electron chi connectivity index (χ3n) is 6.07. The van der Waals surface area contributed by atoms with E-state index in [1.807, 2.05) is 30.5 Å². The summed E-state index contributed by atoms with van der Waals surface area (Å²) in [5, 5.41) is 4.13. The number of rotatable bonds is 5. The highest BCUT2D eigenvalue weighted by molar-refractivity contribution is 5.84. The van der Waals surface area contributed by atoms with Crippen LogP contribution in [0.4, 0.5) is 8.78 Å². The first-order valence-corrected chi connectivity index (χ1v) is 10.3. The number of ether oxygens (including phenoxy) is 1. The van der Waals surface area contributed by atoms with Gasteiger partial charge in [-0.15, -0.1) is 0 Å². The Bertz CT molecular complexity index is 916. The maximum Gasteiger partial charge on any atom is 0.261 e. The second kappa shape index (κ2) is 7.98. The van der Waals surface area contributed by atoms with E-state index in [9.17, 15) is 13.6 Å². The van der Waals surface area contributed by atoms with Gasteiger partial charge in [0.2, 0.25) is 5.91 Å². The molecule has 1 atom stereocenters. The zero-order valence-electron chi connectivity index (χ0n) is 17.5. The highest BCUT2D eigenvalue weighted by Crippen LogP contribution is 2.45. The lowest BCUT2D eigenvalue weighted by Crippen LogP contribution is -2.60. The molecule has 2 aliphatic rings. The first-order chi connectivity index (χ1) is 14.3. The summed E-state index contributed by atoms with van der Waals surface area (Å²) in [6, 6.07) is 7.55. The summed E-state index contributed by atoms with van der Waals surface area (Å²) in [6.07, 6.45) is 4.37. The molecule has 1 aromatic heterocycles. The number of hydrogen-bond acceptors (Lipinski definition) is 4. The molecule has 2 saturated heterocycles. The Balaban J connectivity index is 1.53. The molecule has 0 radical (unpaired) electrons. The van der Waals surface area contributed by atoms with Crippen LogP contribution in [0.15, 0.2) is 36.7 Å². The van der Waals surface area contributed by atoms with Crippen molar-refractivity contribution >= 4 is 5.91 Å². The molecule has 0 aliphatic carbocycles. The van der Waals surface area contributed by atoms with Crippen molar-refractivity contribution in [3.05, 3.63) is 47.8 Å². The smallest absolute Gasteiger partial charge is 0.261 e. The molecule has 2 aliphatic heterocycles. The third kappa shape index (κ3) is 4.33. The molecular weight excluding hydrogens is 390 g/mol. The van der Waals surface area contributed by atoms with Crippen molar-refractivity contribution in [1.29, 1.82) is 0 Å². The van der Waals surface area contributed by atoms with Crippen molar-refractivity contribution in [2.75, 3.05) is 26.7 Å². The van der Waals surface area contributed by atoms with Crippen LogP contribution in [-0.4, -0.2) is 58.2 Å². The number of nitrogens with zero attached hydrogens (tertiary/aromatic N) is 4. The predicted octanol–water partition coefficient (Wildman–Crippen LogP) is 3.08. The molecule has 6 nitrogen and oxygen atoms in total. The van der Waals surface area contributed by atoms with Crippen LogP contribution in [0.25, 0.3) is 0 Å². The van der Waals surface area contributed by atoms with Crippen molar-refractivity contribution < 1.29 is 18.3 Å². The number of carbonyl (C=O) groups is 1. The van der Waals surface area contributed by atoms with Gasteiger partial charge in [0, 0.05) is 51.4 Å². The van der Waals surface area contributed by atoms with Crippen LogP contribution in [-0.2, 0) is 24.9 Å². The minimum absolute atomic E-state index is 0.160. The van der Waals surface area contributed by atoms with Gasteiger partial charge in [0.25, 0.3) is 5.92 Å². The molecule has 8 heteroatoms. The molecule has 0 bridgehead atoms. The quantitative estimate of drug-likeness (QED) is 0.749. The van der Waals surface area contributed by atoms with E-state index in [1.165, 1.54) is 0 Å². The van der Waals surface area contributed by atoms with Gasteiger partial charge in [-0.2, -0.15) is 5.10 Å². The van der Waals surface area contributed by atoms with Crippen LogP contribution < -0.4 is 4.74 Å². The Morgan fingerprint density at radius 2 is 2.03 bits per heavy atom. The number of carbonyl (C=O) groups excluding carboxylic acids is 1. The summed E-state index contributed by atoms with van der Waals surface area (Å²) < 4.78 is 36.5. The molecule has 4 rings (SSSR count).